The highest BCUT2D eigenvalue weighted by Gasteiger charge is 2.22. The van der Waals surface area contributed by atoms with Gasteiger partial charge < -0.3 is 14.7 Å². The van der Waals surface area contributed by atoms with Gasteiger partial charge in [-0.05, 0) is 27.1 Å². The van der Waals surface area contributed by atoms with Crippen molar-refractivity contribution in [3.8, 4) is 0 Å². The lowest BCUT2D eigenvalue weighted by Crippen LogP contribution is -2.33. The first kappa shape index (κ1) is 14.1. The summed E-state index contributed by atoms with van der Waals surface area (Å²) in [5.41, 5.74) is 0. The fourth-order valence-corrected chi connectivity index (χ4v) is 1.91. The number of nitrogens with zero attached hydrogens (tertiary/aromatic N) is 3. The molecule has 2 atom stereocenters. The lowest BCUT2D eigenvalue weighted by Gasteiger charge is -2.20. The summed E-state index contributed by atoms with van der Waals surface area (Å²) in [4.78, 5) is 6.47. The van der Waals surface area contributed by atoms with E-state index in [9.17, 15) is 0 Å². The average molecular weight is 240 g/mol. The predicted molar refractivity (Wildman–Crippen MR) is 67.9 cm³/mol. The number of hydrogen-bond acceptors (Lipinski definition) is 5. The molecule has 0 aliphatic rings. The van der Waals surface area contributed by atoms with Crippen LogP contribution in [-0.4, -0.2) is 41.7 Å². The second kappa shape index (κ2) is 6.71. The predicted octanol–water partition coefficient (Wildman–Crippen LogP) is 1.62. The minimum atomic E-state index is 0.253. The molecule has 17 heavy (non-hydrogen) atoms. The van der Waals surface area contributed by atoms with E-state index in [1.54, 1.807) is 0 Å². The van der Waals surface area contributed by atoms with Gasteiger partial charge in [0.05, 0.1) is 12.5 Å². The van der Waals surface area contributed by atoms with E-state index in [1.165, 1.54) is 0 Å². The maximum Gasteiger partial charge on any atom is 0.231 e. The highest BCUT2D eigenvalue weighted by Crippen LogP contribution is 2.19. The summed E-state index contributed by atoms with van der Waals surface area (Å²) < 4.78 is 5.33. The zero-order chi connectivity index (χ0) is 12.8. The summed E-state index contributed by atoms with van der Waals surface area (Å²) in [6, 6.07) is 0.396. The fraction of sp³-hybridized carbons (Fsp3) is 0.833. The van der Waals surface area contributed by atoms with Gasteiger partial charge in [0.1, 0.15) is 0 Å². The number of nitrogens with one attached hydrogen (secondary N) is 1. The summed E-state index contributed by atoms with van der Waals surface area (Å²) in [5, 5.41) is 7.44. The van der Waals surface area contributed by atoms with Crippen LogP contribution in [0.15, 0.2) is 4.52 Å². The molecule has 2 unspecified atom stereocenters. The zero-order valence-electron chi connectivity index (χ0n) is 11.5. The van der Waals surface area contributed by atoms with Gasteiger partial charge in [-0.2, -0.15) is 4.98 Å². The molecule has 0 aliphatic heterocycles. The van der Waals surface area contributed by atoms with E-state index in [0.717, 1.165) is 24.7 Å². The van der Waals surface area contributed by atoms with E-state index in [1.807, 2.05) is 19.0 Å². The molecule has 5 nitrogen and oxygen atoms in total. The van der Waals surface area contributed by atoms with E-state index < -0.39 is 0 Å². The molecule has 98 valence electrons. The van der Waals surface area contributed by atoms with Crippen molar-refractivity contribution in [1.82, 2.24) is 20.4 Å². The third-order valence-electron chi connectivity index (χ3n) is 2.84. The van der Waals surface area contributed by atoms with Crippen molar-refractivity contribution in [3.05, 3.63) is 11.7 Å². The number of likely N-dealkylation sites (N-methyl/N-ethyl adjacent to an activating group) is 1. The SMILES string of the molecule is CCNC(CC)C(C)c1nc(CN(C)C)no1. The molecule has 0 saturated heterocycles. The third kappa shape index (κ3) is 4.09. The first-order chi connectivity index (χ1) is 8.08. The molecule has 0 amide bonds. The normalized spacial score (nSPS) is 15.2. The van der Waals surface area contributed by atoms with Crippen molar-refractivity contribution in [2.45, 2.75) is 45.7 Å². The lowest BCUT2D eigenvalue weighted by atomic mass is 9.99. The smallest absolute Gasteiger partial charge is 0.231 e. The van der Waals surface area contributed by atoms with Gasteiger partial charge in [0, 0.05) is 6.04 Å². The molecule has 0 aliphatic carbocycles. The van der Waals surface area contributed by atoms with Crippen LogP contribution >= 0.6 is 0 Å². The monoisotopic (exact) mass is 240 g/mol. The molecule has 0 radical (unpaired) electrons. The second-order valence-electron chi connectivity index (χ2n) is 4.65. The maximum atomic E-state index is 5.33. The van der Waals surface area contributed by atoms with Crippen molar-refractivity contribution in [1.29, 1.82) is 0 Å². The Morgan fingerprint density at radius 3 is 2.59 bits per heavy atom. The second-order valence-corrected chi connectivity index (χ2v) is 4.65. The Balaban J connectivity index is 2.67. The fourth-order valence-electron chi connectivity index (χ4n) is 1.91. The largest absolute Gasteiger partial charge is 0.339 e. The molecule has 5 heteroatoms. The molecule has 1 N–H and O–H groups in total. The van der Waals surface area contributed by atoms with Crippen molar-refractivity contribution < 1.29 is 4.52 Å². The Bertz CT molecular complexity index is 324. The maximum absolute atomic E-state index is 5.33. The topological polar surface area (TPSA) is 54.2 Å². The van der Waals surface area contributed by atoms with Gasteiger partial charge in [-0.1, -0.05) is 25.9 Å². The molecule has 1 aromatic rings. The van der Waals surface area contributed by atoms with E-state index in [0.29, 0.717) is 12.6 Å². The van der Waals surface area contributed by atoms with Crippen LogP contribution in [0.3, 0.4) is 0 Å². The van der Waals surface area contributed by atoms with Crippen molar-refractivity contribution >= 4 is 0 Å². The summed E-state index contributed by atoms with van der Waals surface area (Å²) in [6.45, 7) is 8.08. The molecule has 0 saturated carbocycles. The molecular formula is C12H24N4O. The van der Waals surface area contributed by atoms with Crippen LogP contribution in [0.25, 0.3) is 0 Å². The Morgan fingerprint density at radius 1 is 1.35 bits per heavy atom. The van der Waals surface area contributed by atoms with Gasteiger partial charge >= 0.3 is 0 Å². The third-order valence-corrected chi connectivity index (χ3v) is 2.84. The Morgan fingerprint density at radius 2 is 2.06 bits per heavy atom. The zero-order valence-corrected chi connectivity index (χ0v) is 11.5. The highest BCUT2D eigenvalue weighted by molar-refractivity contribution is 4.97. The van der Waals surface area contributed by atoms with E-state index in [-0.39, 0.29) is 5.92 Å². The van der Waals surface area contributed by atoms with Crippen LogP contribution in [0.1, 0.15) is 44.8 Å². The molecule has 0 spiro atoms. The summed E-state index contributed by atoms with van der Waals surface area (Å²) in [6.07, 6.45) is 1.06. The number of hydrogen-bond donors (Lipinski definition) is 1. The van der Waals surface area contributed by atoms with Crippen LogP contribution in [0.4, 0.5) is 0 Å². The van der Waals surface area contributed by atoms with Gasteiger partial charge in [0.25, 0.3) is 0 Å². The van der Waals surface area contributed by atoms with E-state index in [2.05, 4.69) is 36.2 Å². The minimum absolute atomic E-state index is 0.253. The Hall–Kier alpha value is -0.940. The van der Waals surface area contributed by atoms with Crippen LogP contribution in [0.2, 0.25) is 0 Å². The van der Waals surface area contributed by atoms with Gasteiger partial charge in [-0.3, -0.25) is 0 Å². The van der Waals surface area contributed by atoms with E-state index >= 15 is 0 Å². The molecule has 0 aromatic carbocycles. The lowest BCUT2D eigenvalue weighted by molar-refractivity contribution is 0.313. The molecular weight excluding hydrogens is 216 g/mol. The first-order valence-corrected chi connectivity index (χ1v) is 6.29. The highest BCUT2D eigenvalue weighted by atomic mass is 16.5. The standard InChI is InChI=1S/C12H24N4O/c1-6-10(13-7-2)9(3)12-14-11(15-17-12)8-16(4)5/h9-10,13H,6-8H2,1-5H3. The Kier molecular flexibility index (Phi) is 5.58. The first-order valence-electron chi connectivity index (χ1n) is 6.29. The van der Waals surface area contributed by atoms with Gasteiger partial charge in [0.15, 0.2) is 5.82 Å². The van der Waals surface area contributed by atoms with Crippen LogP contribution in [0.5, 0.6) is 0 Å². The van der Waals surface area contributed by atoms with Crippen LogP contribution < -0.4 is 5.32 Å². The Labute approximate surface area is 104 Å². The molecule has 0 bridgehead atoms. The van der Waals surface area contributed by atoms with Crippen LogP contribution in [0, 0.1) is 0 Å². The summed E-state index contributed by atoms with van der Waals surface area (Å²) in [5.74, 6) is 1.74. The van der Waals surface area contributed by atoms with Crippen molar-refractivity contribution in [3.63, 3.8) is 0 Å². The average Bonchev–Trinajstić information content (AvgIpc) is 2.72. The van der Waals surface area contributed by atoms with Crippen molar-refractivity contribution in [2.75, 3.05) is 20.6 Å². The quantitative estimate of drug-likeness (QED) is 0.785. The molecule has 1 aromatic heterocycles. The summed E-state index contributed by atoms with van der Waals surface area (Å²) in [7, 11) is 3.99. The van der Waals surface area contributed by atoms with Crippen LogP contribution in [-0.2, 0) is 6.54 Å². The molecule has 1 rings (SSSR count). The van der Waals surface area contributed by atoms with Gasteiger partial charge in [0.2, 0.25) is 5.89 Å². The number of aromatic nitrogens is 2. The van der Waals surface area contributed by atoms with E-state index in [4.69, 9.17) is 4.52 Å². The van der Waals surface area contributed by atoms with Crippen molar-refractivity contribution in [2.24, 2.45) is 0 Å². The van der Waals surface area contributed by atoms with Gasteiger partial charge in [-0.25, -0.2) is 0 Å². The molecule has 0 fully saturated rings. The molecule has 1 heterocycles. The van der Waals surface area contributed by atoms with Gasteiger partial charge in [-0.15, -0.1) is 0 Å². The number of rotatable bonds is 7. The summed E-state index contributed by atoms with van der Waals surface area (Å²) >= 11 is 0. The minimum Gasteiger partial charge on any atom is -0.339 e.